The fourth-order valence-corrected chi connectivity index (χ4v) is 2.04. The third kappa shape index (κ3) is 3.51. The first-order valence-electron chi connectivity index (χ1n) is 6.14. The van der Waals surface area contributed by atoms with Gasteiger partial charge in [-0.15, -0.1) is 12.4 Å². The van der Waals surface area contributed by atoms with Gasteiger partial charge in [0.2, 0.25) is 0 Å². The quantitative estimate of drug-likeness (QED) is 0.853. The Labute approximate surface area is 124 Å². The Balaban J connectivity index is 0.00000200. The van der Waals surface area contributed by atoms with E-state index in [9.17, 15) is 4.79 Å². The maximum absolute atomic E-state index is 12.1. The molecule has 0 saturated heterocycles. The van der Waals surface area contributed by atoms with Crippen LogP contribution in [0.4, 0.5) is 5.69 Å². The van der Waals surface area contributed by atoms with Crippen LogP contribution in [0.2, 0.25) is 0 Å². The Morgan fingerprint density at radius 1 is 1.35 bits per heavy atom. The summed E-state index contributed by atoms with van der Waals surface area (Å²) in [4.78, 5) is 12.1. The summed E-state index contributed by atoms with van der Waals surface area (Å²) in [5.41, 5.74) is 8.79. The number of nitrogens with one attached hydrogen (secondary N) is 1. The standard InChI is InChI=1S/C14H18N4O.ClH/c1-9(13-8-18(3)17-10(13)2)16-14(19)11-4-6-12(15)7-5-11;/h4-9H,15H2,1-3H3,(H,16,19);1H. The summed E-state index contributed by atoms with van der Waals surface area (Å²) in [7, 11) is 1.87. The Morgan fingerprint density at radius 2 is 1.95 bits per heavy atom. The van der Waals surface area contributed by atoms with Gasteiger partial charge in [-0.3, -0.25) is 9.48 Å². The molecule has 0 spiro atoms. The van der Waals surface area contributed by atoms with Gasteiger partial charge in [0.05, 0.1) is 11.7 Å². The Bertz CT molecular complexity index is 592. The van der Waals surface area contributed by atoms with Gasteiger partial charge in [-0.05, 0) is 38.1 Å². The molecular weight excluding hydrogens is 276 g/mol. The summed E-state index contributed by atoms with van der Waals surface area (Å²) in [6.07, 6.45) is 1.92. The van der Waals surface area contributed by atoms with Crippen LogP contribution in [0.25, 0.3) is 0 Å². The van der Waals surface area contributed by atoms with Gasteiger partial charge in [-0.2, -0.15) is 5.10 Å². The Morgan fingerprint density at radius 3 is 2.45 bits per heavy atom. The summed E-state index contributed by atoms with van der Waals surface area (Å²) in [6, 6.07) is 6.78. The van der Waals surface area contributed by atoms with Crippen LogP contribution in [-0.4, -0.2) is 15.7 Å². The van der Waals surface area contributed by atoms with Crippen molar-refractivity contribution in [2.75, 3.05) is 5.73 Å². The second-order valence-corrected chi connectivity index (χ2v) is 4.66. The second kappa shape index (κ2) is 6.43. The molecule has 0 saturated carbocycles. The van der Waals surface area contributed by atoms with Crippen molar-refractivity contribution in [1.82, 2.24) is 15.1 Å². The minimum absolute atomic E-state index is 0. The van der Waals surface area contributed by atoms with E-state index >= 15 is 0 Å². The number of nitrogens with two attached hydrogens (primary N) is 1. The molecule has 2 aromatic rings. The van der Waals surface area contributed by atoms with E-state index < -0.39 is 0 Å². The van der Waals surface area contributed by atoms with E-state index in [0.717, 1.165) is 11.3 Å². The van der Waals surface area contributed by atoms with Gasteiger partial charge in [0.15, 0.2) is 0 Å². The van der Waals surface area contributed by atoms with E-state index in [4.69, 9.17) is 5.73 Å². The van der Waals surface area contributed by atoms with Gasteiger partial charge in [0.1, 0.15) is 0 Å². The van der Waals surface area contributed by atoms with Crippen molar-refractivity contribution in [1.29, 1.82) is 0 Å². The molecule has 0 aliphatic heterocycles. The normalized spacial score (nSPS) is 11.6. The largest absolute Gasteiger partial charge is 0.399 e. The monoisotopic (exact) mass is 294 g/mol. The third-order valence-electron chi connectivity index (χ3n) is 3.04. The summed E-state index contributed by atoms with van der Waals surface area (Å²) >= 11 is 0. The molecule has 1 aromatic heterocycles. The van der Waals surface area contributed by atoms with Gasteiger partial charge in [-0.1, -0.05) is 0 Å². The number of carbonyl (C=O) groups excluding carboxylic acids is 1. The number of hydrogen-bond acceptors (Lipinski definition) is 3. The molecule has 2 rings (SSSR count). The lowest BCUT2D eigenvalue weighted by Gasteiger charge is -2.13. The molecule has 6 heteroatoms. The number of nitrogens with zero attached hydrogens (tertiary/aromatic N) is 2. The van der Waals surface area contributed by atoms with Crippen molar-refractivity contribution in [3.8, 4) is 0 Å². The zero-order valence-electron chi connectivity index (χ0n) is 11.8. The van der Waals surface area contributed by atoms with Gasteiger partial charge in [-0.25, -0.2) is 0 Å². The van der Waals surface area contributed by atoms with Crippen LogP contribution in [0.3, 0.4) is 0 Å². The number of rotatable bonds is 3. The highest BCUT2D eigenvalue weighted by atomic mass is 35.5. The molecular formula is C14H19ClN4O. The first-order valence-corrected chi connectivity index (χ1v) is 6.14. The van der Waals surface area contributed by atoms with Crippen LogP contribution in [-0.2, 0) is 7.05 Å². The molecule has 0 radical (unpaired) electrons. The number of anilines is 1. The lowest BCUT2D eigenvalue weighted by Crippen LogP contribution is -2.26. The molecule has 0 fully saturated rings. The maximum Gasteiger partial charge on any atom is 0.251 e. The molecule has 1 unspecified atom stereocenters. The fraction of sp³-hybridized carbons (Fsp3) is 0.286. The van der Waals surface area contributed by atoms with Crippen LogP contribution >= 0.6 is 12.4 Å². The lowest BCUT2D eigenvalue weighted by atomic mass is 10.1. The highest BCUT2D eigenvalue weighted by Crippen LogP contribution is 2.16. The number of nitrogen functional groups attached to an aromatic ring is 1. The number of amides is 1. The Hall–Kier alpha value is -2.01. The highest BCUT2D eigenvalue weighted by Gasteiger charge is 2.15. The van der Waals surface area contributed by atoms with Gasteiger partial charge < -0.3 is 11.1 Å². The molecule has 1 heterocycles. The highest BCUT2D eigenvalue weighted by molar-refractivity contribution is 5.94. The minimum Gasteiger partial charge on any atom is -0.399 e. The van der Waals surface area contributed by atoms with Gasteiger partial charge >= 0.3 is 0 Å². The molecule has 3 N–H and O–H groups in total. The predicted molar refractivity (Wildman–Crippen MR) is 81.9 cm³/mol. The van der Waals surface area contributed by atoms with E-state index in [1.54, 1.807) is 28.9 Å². The summed E-state index contributed by atoms with van der Waals surface area (Å²) in [5.74, 6) is -0.115. The van der Waals surface area contributed by atoms with Crippen molar-refractivity contribution in [3.63, 3.8) is 0 Å². The number of aromatic nitrogens is 2. The zero-order chi connectivity index (χ0) is 14.0. The van der Waals surface area contributed by atoms with E-state index in [1.165, 1.54) is 0 Å². The van der Waals surface area contributed by atoms with Crippen LogP contribution < -0.4 is 11.1 Å². The van der Waals surface area contributed by atoms with Crippen molar-refractivity contribution in [2.45, 2.75) is 19.9 Å². The summed E-state index contributed by atoms with van der Waals surface area (Å²) < 4.78 is 1.75. The fourth-order valence-electron chi connectivity index (χ4n) is 2.04. The van der Waals surface area contributed by atoms with E-state index in [-0.39, 0.29) is 24.4 Å². The van der Waals surface area contributed by atoms with E-state index in [2.05, 4.69) is 10.4 Å². The number of aryl methyl sites for hydroxylation is 2. The predicted octanol–water partition coefficient (Wildman–Crippen LogP) is 2.22. The van der Waals surface area contributed by atoms with Crippen LogP contribution in [0, 0.1) is 6.92 Å². The second-order valence-electron chi connectivity index (χ2n) is 4.66. The van der Waals surface area contributed by atoms with E-state index in [1.807, 2.05) is 27.1 Å². The summed E-state index contributed by atoms with van der Waals surface area (Å²) in [5, 5.41) is 7.23. The molecule has 0 aliphatic carbocycles. The number of benzene rings is 1. The topological polar surface area (TPSA) is 72.9 Å². The molecule has 108 valence electrons. The molecule has 1 atom stereocenters. The minimum atomic E-state index is -0.115. The number of carbonyl (C=O) groups is 1. The van der Waals surface area contributed by atoms with Crippen molar-refractivity contribution < 1.29 is 4.79 Å². The van der Waals surface area contributed by atoms with Crippen molar-refractivity contribution in [2.24, 2.45) is 7.05 Å². The molecule has 0 bridgehead atoms. The number of hydrogen-bond donors (Lipinski definition) is 2. The van der Waals surface area contributed by atoms with Gasteiger partial charge in [0.25, 0.3) is 5.91 Å². The zero-order valence-corrected chi connectivity index (χ0v) is 12.6. The smallest absolute Gasteiger partial charge is 0.251 e. The molecule has 1 aromatic carbocycles. The maximum atomic E-state index is 12.1. The average Bonchev–Trinajstić information content (AvgIpc) is 2.69. The average molecular weight is 295 g/mol. The SMILES string of the molecule is Cc1nn(C)cc1C(C)NC(=O)c1ccc(N)cc1.Cl. The van der Waals surface area contributed by atoms with Gasteiger partial charge in [0, 0.05) is 30.1 Å². The lowest BCUT2D eigenvalue weighted by molar-refractivity contribution is 0.0940. The molecule has 20 heavy (non-hydrogen) atoms. The van der Waals surface area contributed by atoms with Crippen molar-refractivity contribution >= 4 is 24.0 Å². The summed E-state index contributed by atoms with van der Waals surface area (Å²) in [6.45, 7) is 3.88. The van der Waals surface area contributed by atoms with E-state index in [0.29, 0.717) is 11.3 Å². The van der Waals surface area contributed by atoms with Crippen LogP contribution in [0.1, 0.15) is 34.6 Å². The Kier molecular flexibility index (Phi) is 5.16. The number of halogens is 1. The van der Waals surface area contributed by atoms with Crippen molar-refractivity contribution in [3.05, 3.63) is 47.3 Å². The third-order valence-corrected chi connectivity index (χ3v) is 3.04. The molecule has 1 amide bonds. The van der Waals surface area contributed by atoms with Crippen LogP contribution in [0.15, 0.2) is 30.5 Å². The van der Waals surface area contributed by atoms with Crippen LogP contribution in [0.5, 0.6) is 0 Å². The first kappa shape index (κ1) is 16.0. The first-order chi connectivity index (χ1) is 8.97. The molecule has 0 aliphatic rings. The molecule has 5 nitrogen and oxygen atoms in total.